The van der Waals surface area contributed by atoms with Crippen LogP contribution in [0.4, 0.5) is 10.1 Å². The summed E-state index contributed by atoms with van der Waals surface area (Å²) < 4.78 is 13.5. The Morgan fingerprint density at radius 2 is 1.76 bits per heavy atom. The van der Waals surface area contributed by atoms with Gasteiger partial charge < -0.3 is 10.2 Å². The van der Waals surface area contributed by atoms with Crippen LogP contribution in [0.1, 0.15) is 41.6 Å². The largest absolute Gasteiger partial charge is 0.351 e. The molecule has 8 nitrogen and oxygen atoms in total. The molecule has 1 aliphatic carbocycles. The third-order valence-corrected chi connectivity index (χ3v) is 6.77. The highest BCUT2D eigenvalue weighted by Crippen LogP contribution is 2.31. The van der Waals surface area contributed by atoms with Crippen molar-refractivity contribution in [1.82, 2.24) is 15.1 Å². The molecule has 0 spiro atoms. The van der Waals surface area contributed by atoms with E-state index in [0.29, 0.717) is 37.3 Å². The lowest BCUT2D eigenvalue weighted by molar-refractivity contribution is -0.384. The van der Waals surface area contributed by atoms with E-state index in [4.69, 9.17) is 0 Å². The van der Waals surface area contributed by atoms with Gasteiger partial charge in [-0.15, -0.1) is 0 Å². The summed E-state index contributed by atoms with van der Waals surface area (Å²) in [6, 6.07) is 11.7. The second kappa shape index (κ2) is 10.7. The highest BCUT2D eigenvalue weighted by atomic mass is 19.1. The molecule has 0 radical (unpaired) electrons. The van der Waals surface area contributed by atoms with Gasteiger partial charge in [0.2, 0.25) is 5.91 Å². The maximum atomic E-state index is 13.5. The molecule has 2 aromatic carbocycles. The lowest BCUT2D eigenvalue weighted by Crippen LogP contribution is -2.57. The Labute approximate surface area is 197 Å². The van der Waals surface area contributed by atoms with Crippen molar-refractivity contribution in [2.24, 2.45) is 5.92 Å². The number of non-ortho nitro benzene ring substituents is 1. The van der Waals surface area contributed by atoms with E-state index in [1.165, 1.54) is 30.3 Å². The molecule has 1 heterocycles. The van der Waals surface area contributed by atoms with Crippen LogP contribution >= 0.6 is 0 Å². The Bertz CT molecular complexity index is 1050. The van der Waals surface area contributed by atoms with E-state index in [1.54, 1.807) is 23.1 Å². The van der Waals surface area contributed by atoms with Gasteiger partial charge in [-0.25, -0.2) is 4.39 Å². The first-order valence-electron chi connectivity index (χ1n) is 11.7. The molecule has 2 amide bonds. The van der Waals surface area contributed by atoms with Crippen LogP contribution in [0.3, 0.4) is 0 Å². The third-order valence-electron chi connectivity index (χ3n) is 6.77. The lowest BCUT2D eigenvalue weighted by atomic mass is 9.94. The number of carbonyl (C=O) groups is 2. The van der Waals surface area contributed by atoms with E-state index < -0.39 is 4.92 Å². The number of carbonyl (C=O) groups excluding carboxylic acids is 2. The number of hydrogen-bond acceptors (Lipinski definition) is 5. The summed E-state index contributed by atoms with van der Waals surface area (Å²) in [5, 5.41) is 14.0. The van der Waals surface area contributed by atoms with Crippen molar-refractivity contribution in [2.45, 2.75) is 38.3 Å². The molecule has 4 rings (SSSR count). The molecule has 1 aliphatic heterocycles. The highest BCUT2D eigenvalue weighted by molar-refractivity contribution is 5.95. The maximum absolute atomic E-state index is 13.5. The van der Waals surface area contributed by atoms with Gasteiger partial charge in [-0.1, -0.05) is 31.0 Å². The van der Waals surface area contributed by atoms with Crippen molar-refractivity contribution < 1.29 is 18.9 Å². The SMILES string of the molecule is O=C(NCc1cccc(F)c1)[C@H](C1CCCC1)N1CCN(C(=O)c2cccc([N+](=O)[O-])c2)CC1. The van der Waals surface area contributed by atoms with Crippen molar-refractivity contribution in [1.29, 1.82) is 0 Å². The van der Waals surface area contributed by atoms with E-state index in [9.17, 15) is 24.1 Å². The van der Waals surface area contributed by atoms with Crippen LogP contribution in [-0.4, -0.2) is 58.8 Å². The number of halogens is 1. The Morgan fingerprint density at radius 1 is 1.06 bits per heavy atom. The van der Waals surface area contributed by atoms with Gasteiger partial charge in [-0.2, -0.15) is 0 Å². The molecule has 9 heteroatoms. The first-order valence-corrected chi connectivity index (χ1v) is 11.7. The standard InChI is InChI=1S/C25H29FN4O4/c26-21-9-3-5-18(15-21)17-27-24(31)23(19-6-1-2-7-19)28-11-13-29(14-12-28)25(32)20-8-4-10-22(16-20)30(33)34/h3-5,8-10,15-16,19,23H,1-2,6-7,11-14,17H2,(H,27,31)/t23-/m0/s1. The number of piperazine rings is 1. The number of benzene rings is 2. The Kier molecular flexibility index (Phi) is 7.52. The second-order valence-electron chi connectivity index (χ2n) is 8.97. The van der Waals surface area contributed by atoms with Gasteiger partial charge in [0.25, 0.3) is 11.6 Å². The molecule has 34 heavy (non-hydrogen) atoms. The minimum absolute atomic E-state index is 0.0605. The van der Waals surface area contributed by atoms with Gasteiger partial charge in [-0.05, 0) is 42.5 Å². The zero-order chi connectivity index (χ0) is 24.1. The summed E-state index contributed by atoms with van der Waals surface area (Å²) in [7, 11) is 0. The van der Waals surface area contributed by atoms with Gasteiger partial charge in [-0.3, -0.25) is 24.6 Å². The Balaban J connectivity index is 1.39. The van der Waals surface area contributed by atoms with Gasteiger partial charge in [0.05, 0.1) is 11.0 Å². The molecule has 0 aromatic heterocycles. The number of nitro groups is 1. The molecular weight excluding hydrogens is 439 g/mol. The molecule has 1 atom stereocenters. The van der Waals surface area contributed by atoms with E-state index in [2.05, 4.69) is 10.2 Å². The predicted molar refractivity (Wildman–Crippen MR) is 125 cm³/mol. The lowest BCUT2D eigenvalue weighted by Gasteiger charge is -2.40. The first-order chi connectivity index (χ1) is 16.4. The molecule has 180 valence electrons. The van der Waals surface area contributed by atoms with Crippen LogP contribution in [0.15, 0.2) is 48.5 Å². The third kappa shape index (κ3) is 5.59. The van der Waals surface area contributed by atoms with Crippen LogP contribution in [0.5, 0.6) is 0 Å². The van der Waals surface area contributed by atoms with Gasteiger partial charge in [0, 0.05) is 50.4 Å². The van der Waals surface area contributed by atoms with Crippen LogP contribution in [0, 0.1) is 21.8 Å². The van der Waals surface area contributed by atoms with E-state index in [1.807, 2.05) is 0 Å². The number of rotatable bonds is 7. The van der Waals surface area contributed by atoms with Gasteiger partial charge in [0.15, 0.2) is 0 Å². The molecular formula is C25H29FN4O4. The van der Waals surface area contributed by atoms with Crippen LogP contribution < -0.4 is 5.32 Å². The summed E-state index contributed by atoms with van der Waals surface area (Å²) in [6.45, 7) is 2.26. The quantitative estimate of drug-likeness (QED) is 0.497. The maximum Gasteiger partial charge on any atom is 0.270 e. The molecule has 0 bridgehead atoms. The summed E-state index contributed by atoms with van der Waals surface area (Å²) in [6.07, 6.45) is 4.18. The fourth-order valence-corrected chi connectivity index (χ4v) is 5.03. The van der Waals surface area contributed by atoms with Crippen LogP contribution in [0.25, 0.3) is 0 Å². The van der Waals surface area contributed by atoms with Crippen molar-refractivity contribution >= 4 is 17.5 Å². The Hall–Kier alpha value is -3.33. The second-order valence-corrected chi connectivity index (χ2v) is 8.97. The monoisotopic (exact) mass is 468 g/mol. The van der Waals surface area contributed by atoms with Crippen molar-refractivity contribution in [2.75, 3.05) is 26.2 Å². The molecule has 2 fully saturated rings. The normalized spacial score (nSPS) is 18.0. The van der Waals surface area contributed by atoms with Crippen molar-refractivity contribution in [3.8, 4) is 0 Å². The topological polar surface area (TPSA) is 95.8 Å². The Morgan fingerprint density at radius 3 is 2.44 bits per heavy atom. The highest BCUT2D eigenvalue weighted by Gasteiger charge is 2.37. The fourth-order valence-electron chi connectivity index (χ4n) is 5.03. The molecule has 1 saturated carbocycles. The van der Waals surface area contributed by atoms with E-state index in [-0.39, 0.29) is 41.8 Å². The molecule has 1 saturated heterocycles. The average molecular weight is 469 g/mol. The molecule has 1 N–H and O–H groups in total. The summed E-state index contributed by atoms with van der Waals surface area (Å²) >= 11 is 0. The van der Waals surface area contributed by atoms with Crippen LogP contribution in [-0.2, 0) is 11.3 Å². The van der Waals surface area contributed by atoms with E-state index >= 15 is 0 Å². The minimum Gasteiger partial charge on any atom is -0.351 e. The molecule has 2 aromatic rings. The number of nitrogens with zero attached hydrogens (tertiary/aromatic N) is 3. The zero-order valence-electron chi connectivity index (χ0n) is 19.0. The van der Waals surface area contributed by atoms with Crippen molar-refractivity contribution in [3.63, 3.8) is 0 Å². The van der Waals surface area contributed by atoms with Crippen molar-refractivity contribution in [3.05, 3.63) is 75.6 Å². The van der Waals surface area contributed by atoms with Gasteiger partial charge >= 0.3 is 0 Å². The number of hydrogen-bond donors (Lipinski definition) is 1. The molecule has 0 unspecified atom stereocenters. The first kappa shape index (κ1) is 23.8. The fraction of sp³-hybridized carbons (Fsp3) is 0.440. The summed E-state index contributed by atoms with van der Waals surface area (Å²) in [5.74, 6) is -0.374. The molecule has 2 aliphatic rings. The number of nitro benzene ring substituents is 1. The smallest absolute Gasteiger partial charge is 0.270 e. The predicted octanol–water partition coefficient (Wildman–Crippen LogP) is 3.37. The minimum atomic E-state index is -0.511. The zero-order valence-corrected chi connectivity index (χ0v) is 19.0. The van der Waals surface area contributed by atoms with Crippen LogP contribution in [0.2, 0.25) is 0 Å². The summed E-state index contributed by atoms with van der Waals surface area (Å²) in [5.41, 5.74) is 0.898. The summed E-state index contributed by atoms with van der Waals surface area (Å²) in [4.78, 5) is 40.5. The number of amides is 2. The van der Waals surface area contributed by atoms with Gasteiger partial charge in [0.1, 0.15) is 5.82 Å². The van der Waals surface area contributed by atoms with E-state index in [0.717, 1.165) is 25.7 Å². The number of nitrogens with one attached hydrogen (secondary N) is 1. The average Bonchev–Trinajstić information content (AvgIpc) is 3.37.